The Bertz CT molecular complexity index is 555. The van der Waals surface area contributed by atoms with Gasteiger partial charge in [0, 0.05) is 12.7 Å². The fourth-order valence-electron chi connectivity index (χ4n) is 1.88. The minimum Gasteiger partial charge on any atom is -0.493 e. The van der Waals surface area contributed by atoms with Crippen molar-refractivity contribution in [2.45, 2.75) is 13.5 Å². The van der Waals surface area contributed by atoms with E-state index in [0.29, 0.717) is 24.5 Å². The Labute approximate surface area is 118 Å². The summed E-state index contributed by atoms with van der Waals surface area (Å²) in [5.41, 5.74) is 1.53. The Hall–Kier alpha value is -2.20. The summed E-state index contributed by atoms with van der Waals surface area (Å²) in [6.45, 7) is 3.29. The van der Waals surface area contributed by atoms with Crippen LogP contribution < -0.4 is 10.1 Å². The normalized spacial score (nSPS) is 10.2. The van der Waals surface area contributed by atoms with Crippen LogP contribution >= 0.6 is 0 Å². The van der Waals surface area contributed by atoms with Crippen LogP contribution in [-0.4, -0.2) is 23.9 Å². The lowest BCUT2D eigenvalue weighted by Crippen LogP contribution is -2.23. The molecule has 0 aliphatic carbocycles. The van der Waals surface area contributed by atoms with Crippen LogP contribution in [0.4, 0.5) is 0 Å². The molecule has 0 amide bonds. The number of hydrogen-bond donors (Lipinski definition) is 1. The van der Waals surface area contributed by atoms with E-state index in [-0.39, 0.29) is 12.3 Å². The topological polar surface area (TPSA) is 51.2 Å². The van der Waals surface area contributed by atoms with Gasteiger partial charge in [-0.05, 0) is 31.2 Å². The summed E-state index contributed by atoms with van der Waals surface area (Å²) < 4.78 is 5.46. The molecule has 0 saturated heterocycles. The highest BCUT2D eigenvalue weighted by atomic mass is 16.5. The molecule has 1 N–H and O–H groups in total. The van der Waals surface area contributed by atoms with Crippen molar-refractivity contribution in [3.8, 4) is 5.75 Å². The van der Waals surface area contributed by atoms with Crippen molar-refractivity contribution in [1.82, 2.24) is 10.3 Å². The third-order valence-electron chi connectivity index (χ3n) is 2.81. The molecule has 0 aliphatic rings. The number of benzene rings is 1. The predicted molar refractivity (Wildman–Crippen MR) is 77.9 cm³/mol. The molecule has 2 aromatic rings. The van der Waals surface area contributed by atoms with E-state index in [1.807, 2.05) is 43.3 Å². The molecule has 20 heavy (non-hydrogen) atoms. The van der Waals surface area contributed by atoms with Crippen LogP contribution in [0.1, 0.15) is 23.0 Å². The minimum absolute atomic E-state index is 0.0185. The van der Waals surface area contributed by atoms with Gasteiger partial charge in [0.25, 0.3) is 0 Å². The van der Waals surface area contributed by atoms with Crippen LogP contribution in [0.25, 0.3) is 0 Å². The number of nitrogens with zero attached hydrogens (tertiary/aromatic N) is 1. The standard InChI is InChI=1S/C16H18N2O2/c1-2-20-16-9-4-3-8-14(16)15(19)12-17-11-13-7-5-6-10-18-13/h3-10,17H,2,11-12H2,1H3. The molecule has 0 bridgehead atoms. The van der Waals surface area contributed by atoms with E-state index >= 15 is 0 Å². The second-order valence-corrected chi connectivity index (χ2v) is 4.28. The molecule has 1 aromatic heterocycles. The van der Waals surface area contributed by atoms with Crippen LogP contribution in [0.2, 0.25) is 0 Å². The summed E-state index contributed by atoms with van der Waals surface area (Å²) in [6.07, 6.45) is 1.74. The zero-order chi connectivity index (χ0) is 14.2. The first kappa shape index (κ1) is 14.2. The molecule has 4 heteroatoms. The highest BCUT2D eigenvalue weighted by molar-refractivity contribution is 6.00. The number of nitrogens with one attached hydrogen (secondary N) is 1. The van der Waals surface area contributed by atoms with Crippen molar-refractivity contribution in [3.05, 3.63) is 59.9 Å². The van der Waals surface area contributed by atoms with E-state index in [1.165, 1.54) is 0 Å². The first-order valence-corrected chi connectivity index (χ1v) is 6.67. The molecule has 0 spiro atoms. The summed E-state index contributed by atoms with van der Waals surface area (Å²) in [6, 6.07) is 13.0. The van der Waals surface area contributed by atoms with Crippen molar-refractivity contribution in [2.24, 2.45) is 0 Å². The maximum atomic E-state index is 12.2. The summed E-state index contributed by atoms with van der Waals surface area (Å²) in [4.78, 5) is 16.4. The zero-order valence-electron chi connectivity index (χ0n) is 11.5. The number of pyridine rings is 1. The molecule has 2 rings (SSSR count). The molecule has 1 heterocycles. The largest absolute Gasteiger partial charge is 0.493 e. The van der Waals surface area contributed by atoms with E-state index in [1.54, 1.807) is 12.3 Å². The maximum Gasteiger partial charge on any atom is 0.180 e. The van der Waals surface area contributed by atoms with Gasteiger partial charge in [0.1, 0.15) is 5.75 Å². The molecule has 4 nitrogen and oxygen atoms in total. The number of ether oxygens (including phenoxy) is 1. The van der Waals surface area contributed by atoms with Crippen molar-refractivity contribution >= 4 is 5.78 Å². The number of hydrogen-bond acceptors (Lipinski definition) is 4. The average molecular weight is 270 g/mol. The lowest BCUT2D eigenvalue weighted by molar-refractivity contribution is 0.0987. The van der Waals surface area contributed by atoms with Crippen LogP contribution in [0.5, 0.6) is 5.75 Å². The Kier molecular flexibility index (Phi) is 5.26. The monoisotopic (exact) mass is 270 g/mol. The molecule has 0 saturated carbocycles. The Morgan fingerprint density at radius 1 is 1.20 bits per heavy atom. The Morgan fingerprint density at radius 2 is 2.00 bits per heavy atom. The first-order valence-electron chi connectivity index (χ1n) is 6.67. The van der Waals surface area contributed by atoms with E-state index in [0.717, 1.165) is 5.69 Å². The van der Waals surface area contributed by atoms with Crippen molar-refractivity contribution in [3.63, 3.8) is 0 Å². The number of carbonyl (C=O) groups excluding carboxylic acids is 1. The van der Waals surface area contributed by atoms with Gasteiger partial charge in [0.05, 0.1) is 24.4 Å². The lowest BCUT2D eigenvalue weighted by atomic mass is 10.1. The quantitative estimate of drug-likeness (QED) is 0.785. The number of ketones is 1. The van der Waals surface area contributed by atoms with Crippen LogP contribution in [0.15, 0.2) is 48.7 Å². The smallest absolute Gasteiger partial charge is 0.180 e. The average Bonchev–Trinajstić information content (AvgIpc) is 2.49. The summed E-state index contributed by atoms with van der Waals surface area (Å²) in [5.74, 6) is 0.657. The van der Waals surface area contributed by atoms with Crippen LogP contribution in [-0.2, 0) is 6.54 Å². The third-order valence-corrected chi connectivity index (χ3v) is 2.81. The van der Waals surface area contributed by atoms with E-state index in [4.69, 9.17) is 4.74 Å². The van der Waals surface area contributed by atoms with Gasteiger partial charge in [-0.25, -0.2) is 0 Å². The van der Waals surface area contributed by atoms with Crippen molar-refractivity contribution < 1.29 is 9.53 Å². The highest BCUT2D eigenvalue weighted by Crippen LogP contribution is 2.18. The number of para-hydroxylation sites is 1. The molecular formula is C16H18N2O2. The second kappa shape index (κ2) is 7.40. The summed E-state index contributed by atoms with van der Waals surface area (Å²) in [5, 5.41) is 3.10. The van der Waals surface area contributed by atoms with Gasteiger partial charge < -0.3 is 10.1 Å². The molecular weight excluding hydrogens is 252 g/mol. The fourth-order valence-corrected chi connectivity index (χ4v) is 1.88. The van der Waals surface area contributed by atoms with Gasteiger partial charge in [-0.1, -0.05) is 18.2 Å². The summed E-state index contributed by atoms with van der Waals surface area (Å²) in [7, 11) is 0. The molecule has 104 valence electrons. The van der Waals surface area contributed by atoms with Gasteiger partial charge in [-0.2, -0.15) is 0 Å². The van der Waals surface area contributed by atoms with Crippen LogP contribution in [0.3, 0.4) is 0 Å². The van der Waals surface area contributed by atoms with Crippen molar-refractivity contribution in [2.75, 3.05) is 13.2 Å². The molecule has 0 atom stereocenters. The lowest BCUT2D eigenvalue weighted by Gasteiger charge is -2.09. The second-order valence-electron chi connectivity index (χ2n) is 4.28. The number of rotatable bonds is 7. The first-order chi connectivity index (χ1) is 9.81. The van der Waals surface area contributed by atoms with Gasteiger partial charge in [-0.3, -0.25) is 9.78 Å². The van der Waals surface area contributed by atoms with Gasteiger partial charge >= 0.3 is 0 Å². The zero-order valence-corrected chi connectivity index (χ0v) is 11.5. The Morgan fingerprint density at radius 3 is 2.75 bits per heavy atom. The highest BCUT2D eigenvalue weighted by Gasteiger charge is 2.11. The minimum atomic E-state index is 0.0185. The molecule has 0 aliphatic heterocycles. The number of Topliss-reactive ketones (excluding diaryl/α,β-unsaturated/α-hetero) is 1. The van der Waals surface area contributed by atoms with Crippen LogP contribution in [0, 0.1) is 0 Å². The molecule has 1 aromatic carbocycles. The molecule has 0 unspecified atom stereocenters. The van der Waals surface area contributed by atoms with Crippen molar-refractivity contribution in [1.29, 1.82) is 0 Å². The Balaban J connectivity index is 1.92. The fraction of sp³-hybridized carbons (Fsp3) is 0.250. The maximum absolute atomic E-state index is 12.2. The van der Waals surface area contributed by atoms with E-state index in [2.05, 4.69) is 10.3 Å². The SMILES string of the molecule is CCOc1ccccc1C(=O)CNCc1ccccn1. The predicted octanol–water partition coefficient (Wildman–Crippen LogP) is 2.45. The number of aromatic nitrogens is 1. The van der Waals surface area contributed by atoms with Gasteiger partial charge in [0.15, 0.2) is 5.78 Å². The third kappa shape index (κ3) is 3.90. The summed E-state index contributed by atoms with van der Waals surface area (Å²) >= 11 is 0. The molecule has 0 fully saturated rings. The van der Waals surface area contributed by atoms with Gasteiger partial charge in [-0.15, -0.1) is 0 Å². The van der Waals surface area contributed by atoms with E-state index in [9.17, 15) is 4.79 Å². The van der Waals surface area contributed by atoms with Gasteiger partial charge in [0.2, 0.25) is 0 Å². The number of carbonyl (C=O) groups is 1. The molecule has 0 radical (unpaired) electrons. The van der Waals surface area contributed by atoms with E-state index < -0.39 is 0 Å².